The van der Waals surface area contributed by atoms with Gasteiger partial charge in [-0.3, -0.25) is 9.59 Å². The molecule has 30 heavy (non-hydrogen) atoms. The van der Waals surface area contributed by atoms with Crippen LogP contribution in [0.15, 0.2) is 60.8 Å². The molecular formula is C24H27N3O3. The molecule has 0 saturated heterocycles. The number of benzene rings is 2. The Balaban J connectivity index is 1.98. The lowest BCUT2D eigenvalue weighted by Gasteiger charge is -2.24. The maximum atomic E-state index is 13.5. The lowest BCUT2D eigenvalue weighted by molar-refractivity contribution is 0.0976. The van der Waals surface area contributed by atoms with Crippen molar-refractivity contribution in [3.63, 3.8) is 0 Å². The van der Waals surface area contributed by atoms with Gasteiger partial charge in [0.25, 0.3) is 5.91 Å². The number of anilines is 2. The normalized spacial score (nSPS) is 10.6. The zero-order valence-corrected chi connectivity index (χ0v) is 18.0. The molecule has 0 N–H and O–H groups in total. The van der Waals surface area contributed by atoms with Crippen LogP contribution in [0, 0.1) is 0 Å². The van der Waals surface area contributed by atoms with Crippen molar-refractivity contribution in [3.05, 3.63) is 77.6 Å². The van der Waals surface area contributed by atoms with Gasteiger partial charge in [0.1, 0.15) is 11.4 Å². The third-order valence-electron chi connectivity index (χ3n) is 5.05. The maximum Gasteiger partial charge on any atom is 0.275 e. The average Bonchev–Trinajstić information content (AvgIpc) is 3.14. The first-order valence-corrected chi connectivity index (χ1v) is 9.69. The van der Waals surface area contributed by atoms with Crippen molar-refractivity contribution in [2.45, 2.75) is 13.5 Å². The molecule has 0 aliphatic rings. The summed E-state index contributed by atoms with van der Waals surface area (Å²) in [6.07, 6.45) is 1.69. The van der Waals surface area contributed by atoms with Crippen molar-refractivity contribution in [1.82, 2.24) is 4.57 Å². The number of carbonyl (C=O) groups is 2. The molecule has 1 amide bonds. The Labute approximate surface area is 177 Å². The Kier molecular flexibility index (Phi) is 6.26. The lowest BCUT2D eigenvalue weighted by atomic mass is 10.1. The van der Waals surface area contributed by atoms with Gasteiger partial charge in [0.15, 0.2) is 5.78 Å². The molecule has 0 fully saturated rings. The van der Waals surface area contributed by atoms with Gasteiger partial charge < -0.3 is 19.1 Å². The van der Waals surface area contributed by atoms with Gasteiger partial charge in [0.05, 0.1) is 13.7 Å². The van der Waals surface area contributed by atoms with Crippen molar-refractivity contribution < 1.29 is 14.3 Å². The highest BCUT2D eigenvalue weighted by molar-refractivity contribution is 6.07. The highest BCUT2D eigenvalue weighted by Gasteiger charge is 2.22. The van der Waals surface area contributed by atoms with E-state index in [0.29, 0.717) is 17.8 Å². The number of rotatable bonds is 7. The molecular weight excluding hydrogens is 378 g/mol. The van der Waals surface area contributed by atoms with Crippen molar-refractivity contribution in [2.75, 3.05) is 31.0 Å². The second-order valence-electron chi connectivity index (χ2n) is 7.43. The predicted molar refractivity (Wildman–Crippen MR) is 120 cm³/mol. The molecule has 0 radical (unpaired) electrons. The number of carbonyl (C=O) groups excluding carboxylic acids is 2. The summed E-state index contributed by atoms with van der Waals surface area (Å²) < 4.78 is 6.95. The van der Waals surface area contributed by atoms with Gasteiger partial charge in [-0.25, -0.2) is 0 Å². The van der Waals surface area contributed by atoms with Crippen LogP contribution in [0.1, 0.15) is 33.3 Å². The van der Waals surface area contributed by atoms with E-state index in [-0.39, 0.29) is 11.7 Å². The molecule has 0 atom stereocenters. The van der Waals surface area contributed by atoms with Crippen LogP contribution in [0.25, 0.3) is 0 Å². The van der Waals surface area contributed by atoms with E-state index in [2.05, 4.69) is 0 Å². The minimum atomic E-state index is -0.174. The van der Waals surface area contributed by atoms with Gasteiger partial charge in [-0.1, -0.05) is 12.1 Å². The fourth-order valence-corrected chi connectivity index (χ4v) is 3.23. The Morgan fingerprint density at radius 2 is 1.57 bits per heavy atom. The molecule has 156 valence electrons. The van der Waals surface area contributed by atoms with Crippen LogP contribution < -0.4 is 14.5 Å². The molecule has 0 spiro atoms. The third-order valence-corrected chi connectivity index (χ3v) is 5.05. The van der Waals surface area contributed by atoms with Gasteiger partial charge in [0, 0.05) is 44.3 Å². The molecule has 0 bridgehead atoms. The van der Waals surface area contributed by atoms with Gasteiger partial charge in [-0.05, 0) is 55.0 Å². The summed E-state index contributed by atoms with van der Waals surface area (Å²) >= 11 is 0. The van der Waals surface area contributed by atoms with E-state index in [1.165, 1.54) is 6.92 Å². The molecule has 3 rings (SSSR count). The topological polar surface area (TPSA) is 54.8 Å². The van der Waals surface area contributed by atoms with Gasteiger partial charge in [-0.15, -0.1) is 0 Å². The smallest absolute Gasteiger partial charge is 0.275 e. The number of Topliss-reactive ketones (excluding diaryl/α,β-unsaturated/α-hetero) is 1. The Morgan fingerprint density at radius 1 is 0.967 bits per heavy atom. The summed E-state index contributed by atoms with van der Waals surface area (Å²) in [5.41, 5.74) is 3.83. The quantitative estimate of drug-likeness (QED) is 0.554. The van der Waals surface area contributed by atoms with Crippen LogP contribution in [-0.4, -0.2) is 37.5 Å². The highest BCUT2D eigenvalue weighted by atomic mass is 16.5. The number of aromatic nitrogens is 1. The SMILES string of the molecule is COc1ccc(N(Cc2ccc(N(C)C)cc2)C(=O)c2cc(C(C)=O)cn2C)cc1. The minimum Gasteiger partial charge on any atom is -0.497 e. The van der Waals surface area contributed by atoms with Crippen LogP contribution in [0.4, 0.5) is 11.4 Å². The van der Waals surface area contributed by atoms with E-state index in [1.54, 1.807) is 35.9 Å². The number of methoxy groups -OCH3 is 1. The summed E-state index contributed by atoms with van der Waals surface area (Å²) in [6.45, 7) is 1.90. The molecule has 2 aromatic carbocycles. The number of ketones is 1. The van der Waals surface area contributed by atoms with E-state index in [9.17, 15) is 9.59 Å². The minimum absolute atomic E-state index is 0.0695. The fourth-order valence-electron chi connectivity index (χ4n) is 3.23. The number of ether oxygens (including phenoxy) is 1. The van der Waals surface area contributed by atoms with Crippen molar-refractivity contribution in [3.8, 4) is 5.75 Å². The van der Waals surface area contributed by atoms with E-state index < -0.39 is 0 Å². The van der Waals surface area contributed by atoms with Crippen LogP contribution in [0.5, 0.6) is 5.75 Å². The molecule has 1 aromatic heterocycles. The molecule has 0 unspecified atom stereocenters. The van der Waals surface area contributed by atoms with E-state index in [1.807, 2.05) is 67.5 Å². The Hall–Kier alpha value is -3.54. The van der Waals surface area contributed by atoms with Crippen molar-refractivity contribution >= 4 is 23.1 Å². The van der Waals surface area contributed by atoms with Crippen molar-refractivity contribution in [1.29, 1.82) is 0 Å². The van der Waals surface area contributed by atoms with E-state index in [0.717, 1.165) is 22.7 Å². The van der Waals surface area contributed by atoms with Gasteiger partial charge in [0.2, 0.25) is 0 Å². The summed E-state index contributed by atoms with van der Waals surface area (Å²) in [6, 6.07) is 17.1. The Morgan fingerprint density at radius 3 is 2.07 bits per heavy atom. The van der Waals surface area contributed by atoms with Gasteiger partial charge >= 0.3 is 0 Å². The number of hydrogen-bond acceptors (Lipinski definition) is 4. The highest BCUT2D eigenvalue weighted by Crippen LogP contribution is 2.25. The standard InChI is InChI=1S/C24H27N3O3/c1-17(28)19-14-23(26(4)16-19)24(29)27(21-10-12-22(30-5)13-11-21)15-18-6-8-20(9-7-18)25(2)3/h6-14,16H,15H2,1-5H3. The Bertz CT molecular complexity index is 1030. The molecule has 3 aromatic rings. The molecule has 1 heterocycles. The molecule has 0 aliphatic heterocycles. The zero-order valence-electron chi connectivity index (χ0n) is 18.0. The third kappa shape index (κ3) is 4.54. The first kappa shape index (κ1) is 21.2. The number of amides is 1. The first-order chi connectivity index (χ1) is 14.3. The summed E-state index contributed by atoms with van der Waals surface area (Å²) in [5, 5.41) is 0. The first-order valence-electron chi connectivity index (χ1n) is 9.69. The van der Waals surface area contributed by atoms with Crippen LogP contribution in [0.3, 0.4) is 0 Å². The van der Waals surface area contributed by atoms with Crippen LogP contribution >= 0.6 is 0 Å². The largest absolute Gasteiger partial charge is 0.497 e. The molecule has 0 aliphatic carbocycles. The average molecular weight is 405 g/mol. The predicted octanol–water partition coefficient (Wildman–Crippen LogP) is 4.15. The summed E-state index contributed by atoms with van der Waals surface area (Å²) in [7, 11) is 7.36. The fraction of sp³-hybridized carbons (Fsp3) is 0.250. The molecule has 0 saturated carbocycles. The van der Waals surface area contributed by atoms with Crippen LogP contribution in [0.2, 0.25) is 0 Å². The molecule has 6 heteroatoms. The van der Waals surface area contributed by atoms with Gasteiger partial charge in [-0.2, -0.15) is 0 Å². The number of hydrogen-bond donors (Lipinski definition) is 0. The van der Waals surface area contributed by atoms with E-state index >= 15 is 0 Å². The van der Waals surface area contributed by atoms with Crippen LogP contribution in [-0.2, 0) is 13.6 Å². The number of aryl methyl sites for hydroxylation is 1. The van der Waals surface area contributed by atoms with E-state index in [4.69, 9.17) is 4.74 Å². The maximum absolute atomic E-state index is 13.5. The lowest BCUT2D eigenvalue weighted by Crippen LogP contribution is -2.31. The number of nitrogens with zero attached hydrogens (tertiary/aromatic N) is 3. The monoisotopic (exact) mass is 405 g/mol. The molecule has 6 nitrogen and oxygen atoms in total. The summed E-state index contributed by atoms with van der Waals surface area (Å²) in [4.78, 5) is 29.0. The summed E-state index contributed by atoms with van der Waals surface area (Å²) in [5.74, 6) is 0.478. The van der Waals surface area contributed by atoms with Crippen molar-refractivity contribution in [2.24, 2.45) is 7.05 Å². The second-order valence-corrected chi connectivity index (χ2v) is 7.43. The zero-order chi connectivity index (χ0) is 21.8. The second kappa shape index (κ2) is 8.86.